The number of nitriles is 1. The van der Waals surface area contributed by atoms with Gasteiger partial charge in [-0.3, -0.25) is 9.36 Å². The van der Waals surface area contributed by atoms with Gasteiger partial charge < -0.3 is 9.55 Å². The van der Waals surface area contributed by atoms with Crippen LogP contribution >= 0.6 is 0 Å². The average Bonchev–Trinajstić information content (AvgIpc) is 3.38. The van der Waals surface area contributed by atoms with Crippen molar-refractivity contribution in [2.45, 2.75) is 43.9 Å². The maximum atomic E-state index is 13.4. The third-order valence-electron chi connectivity index (χ3n) is 7.22. The van der Waals surface area contributed by atoms with Crippen LogP contribution in [0.15, 0.2) is 47.8 Å². The van der Waals surface area contributed by atoms with Gasteiger partial charge in [-0.15, -0.1) is 10.2 Å². The van der Waals surface area contributed by atoms with Crippen LogP contribution in [-0.2, 0) is 12.5 Å². The van der Waals surface area contributed by atoms with Crippen molar-refractivity contribution >= 4 is 10.9 Å². The quantitative estimate of drug-likeness (QED) is 0.538. The molecular formula is C25H24N6O. The van der Waals surface area contributed by atoms with E-state index in [-0.39, 0.29) is 11.0 Å². The predicted molar refractivity (Wildman–Crippen MR) is 121 cm³/mol. The highest BCUT2D eigenvalue weighted by Gasteiger charge is 2.48. The molecule has 0 atom stereocenters. The first-order valence-corrected chi connectivity index (χ1v) is 11.1. The second kappa shape index (κ2) is 6.67. The summed E-state index contributed by atoms with van der Waals surface area (Å²) in [4.78, 5) is 16.5. The first kappa shape index (κ1) is 19.1. The number of aromatic nitrogens is 5. The number of aryl methyl sites for hydroxylation is 1. The van der Waals surface area contributed by atoms with E-state index in [9.17, 15) is 10.1 Å². The number of fused-ring (bicyclic) bond motifs is 1. The van der Waals surface area contributed by atoms with E-state index in [1.807, 2.05) is 29.9 Å². The maximum absolute atomic E-state index is 13.4. The van der Waals surface area contributed by atoms with E-state index >= 15 is 0 Å². The fraction of sp³-hybridized carbons (Fsp3) is 0.360. The third kappa shape index (κ3) is 2.62. The lowest BCUT2D eigenvalue weighted by Gasteiger charge is -2.46. The molecule has 7 heteroatoms. The molecule has 0 spiro atoms. The highest BCUT2D eigenvalue weighted by Crippen LogP contribution is 2.51. The molecule has 1 N–H and O–H groups in total. The molecule has 2 aliphatic rings. The normalized spacial score (nSPS) is 22.6. The van der Waals surface area contributed by atoms with Crippen molar-refractivity contribution in [3.8, 4) is 11.8 Å². The molecule has 1 aromatic carbocycles. The Kier molecular flexibility index (Phi) is 3.97. The first-order valence-electron chi connectivity index (χ1n) is 11.1. The number of rotatable bonds is 4. The lowest BCUT2D eigenvalue weighted by atomic mass is 9.58. The smallest absolute Gasteiger partial charge is 0.279 e. The van der Waals surface area contributed by atoms with Crippen LogP contribution < -0.4 is 5.56 Å². The molecule has 7 nitrogen and oxygen atoms in total. The van der Waals surface area contributed by atoms with Crippen LogP contribution in [0.4, 0.5) is 0 Å². The van der Waals surface area contributed by atoms with E-state index in [1.54, 1.807) is 17.1 Å². The molecule has 2 saturated carbocycles. The molecule has 4 aromatic rings. The molecule has 2 fully saturated rings. The van der Waals surface area contributed by atoms with E-state index in [1.165, 1.54) is 0 Å². The Hall–Kier alpha value is -3.66. The maximum Gasteiger partial charge on any atom is 0.279 e. The van der Waals surface area contributed by atoms with Gasteiger partial charge in [0.25, 0.3) is 5.56 Å². The molecule has 6 rings (SSSR count). The van der Waals surface area contributed by atoms with Crippen LogP contribution in [0.3, 0.4) is 0 Å². The van der Waals surface area contributed by atoms with Gasteiger partial charge in [0, 0.05) is 30.5 Å². The van der Waals surface area contributed by atoms with Crippen molar-refractivity contribution in [2.75, 3.05) is 0 Å². The van der Waals surface area contributed by atoms with Crippen LogP contribution in [0.5, 0.6) is 0 Å². The zero-order valence-electron chi connectivity index (χ0n) is 18.2. The monoisotopic (exact) mass is 424 g/mol. The summed E-state index contributed by atoms with van der Waals surface area (Å²) in [5, 5.41) is 18.9. The summed E-state index contributed by atoms with van der Waals surface area (Å²) < 4.78 is 3.74. The fourth-order valence-electron chi connectivity index (χ4n) is 5.61. The lowest BCUT2D eigenvalue weighted by molar-refractivity contribution is 0.185. The Balaban J connectivity index is 1.54. The summed E-state index contributed by atoms with van der Waals surface area (Å²) in [7, 11) is 1.99. The van der Waals surface area contributed by atoms with E-state index < -0.39 is 0 Å². The number of nitrogens with zero attached hydrogens (tertiary/aromatic N) is 5. The largest absolute Gasteiger partial charge is 0.355 e. The Morgan fingerprint density at radius 2 is 2.09 bits per heavy atom. The molecule has 32 heavy (non-hydrogen) atoms. The van der Waals surface area contributed by atoms with Crippen LogP contribution in [0.1, 0.15) is 61.0 Å². The van der Waals surface area contributed by atoms with E-state index in [0.29, 0.717) is 22.9 Å². The third-order valence-corrected chi connectivity index (χ3v) is 7.22. The van der Waals surface area contributed by atoms with Gasteiger partial charge >= 0.3 is 0 Å². The zero-order chi connectivity index (χ0) is 22.0. The summed E-state index contributed by atoms with van der Waals surface area (Å²) in [6, 6.07) is 10.5. The fourth-order valence-corrected chi connectivity index (χ4v) is 5.61. The van der Waals surface area contributed by atoms with Gasteiger partial charge in [-0.1, -0.05) is 19.1 Å². The van der Waals surface area contributed by atoms with Crippen molar-refractivity contribution in [3.63, 3.8) is 0 Å². The minimum absolute atomic E-state index is 0.127. The van der Waals surface area contributed by atoms with Gasteiger partial charge in [0.15, 0.2) is 0 Å². The number of pyridine rings is 1. The highest BCUT2D eigenvalue weighted by molar-refractivity contribution is 5.89. The molecule has 2 aliphatic carbocycles. The van der Waals surface area contributed by atoms with Crippen LogP contribution in [-0.4, -0.2) is 24.3 Å². The van der Waals surface area contributed by atoms with Crippen molar-refractivity contribution < 1.29 is 0 Å². The molecule has 160 valence electrons. The van der Waals surface area contributed by atoms with Gasteiger partial charge in [0.1, 0.15) is 23.7 Å². The molecule has 0 saturated heterocycles. The topological polar surface area (TPSA) is 92.3 Å². The lowest BCUT2D eigenvalue weighted by Crippen LogP contribution is -2.43. The molecule has 0 unspecified atom stereocenters. The Labute approximate surface area is 185 Å². The first-order chi connectivity index (χ1) is 15.5. The van der Waals surface area contributed by atoms with Crippen molar-refractivity contribution in [3.05, 3.63) is 75.9 Å². The van der Waals surface area contributed by atoms with E-state index in [0.717, 1.165) is 53.7 Å². The van der Waals surface area contributed by atoms with Crippen molar-refractivity contribution in [2.24, 2.45) is 13.0 Å². The van der Waals surface area contributed by atoms with E-state index in [4.69, 9.17) is 0 Å². The van der Waals surface area contributed by atoms with Gasteiger partial charge in [0.05, 0.1) is 11.0 Å². The number of aromatic amines is 1. The summed E-state index contributed by atoms with van der Waals surface area (Å²) in [6.07, 6.45) is 9.56. The number of hydrogen-bond acceptors (Lipinski definition) is 4. The van der Waals surface area contributed by atoms with Gasteiger partial charge in [0.2, 0.25) is 0 Å². The Morgan fingerprint density at radius 3 is 2.75 bits per heavy atom. The van der Waals surface area contributed by atoms with Crippen LogP contribution in [0.2, 0.25) is 0 Å². The molecule has 0 amide bonds. The summed E-state index contributed by atoms with van der Waals surface area (Å²) in [5.74, 6) is 1.99. The highest BCUT2D eigenvalue weighted by atomic mass is 16.1. The van der Waals surface area contributed by atoms with Crippen molar-refractivity contribution in [1.82, 2.24) is 24.3 Å². The standard InChI is InChI=1S/C25H24N6O/c1-15-9-25(10-15,24-29-28-14-30(24)2)18-4-3-5-19(8-18)31-13-20(16-6-7-16)21-17(11-26)12-27-22(21)23(31)32/h3-5,8,12-16,27H,6-7,9-10H2,1-2H3/t15-,25+. The summed E-state index contributed by atoms with van der Waals surface area (Å²) in [5.41, 5.74) is 3.83. The number of H-pyrrole nitrogens is 1. The number of nitrogens with one attached hydrogen (secondary N) is 1. The zero-order valence-corrected chi connectivity index (χ0v) is 18.2. The number of benzene rings is 1. The molecule has 3 heterocycles. The predicted octanol–water partition coefficient (Wildman–Crippen LogP) is 3.91. The molecule has 0 bridgehead atoms. The number of hydrogen-bond donors (Lipinski definition) is 1. The SMILES string of the molecule is Cn1cnnc1[C@]1(c2cccc(-n3cc(C4CC4)c4c(C#N)c[nH]c4c3=O)c2)C[C@H](C)C1. The van der Waals surface area contributed by atoms with Crippen molar-refractivity contribution in [1.29, 1.82) is 5.26 Å². The second-order valence-electron chi connectivity index (χ2n) is 9.51. The average molecular weight is 425 g/mol. The molecule has 0 radical (unpaired) electrons. The molecule has 0 aliphatic heterocycles. The van der Waals surface area contributed by atoms with Crippen LogP contribution in [0.25, 0.3) is 16.6 Å². The van der Waals surface area contributed by atoms with Gasteiger partial charge in [-0.2, -0.15) is 5.26 Å². The molecule has 3 aromatic heterocycles. The minimum atomic E-state index is -0.186. The van der Waals surface area contributed by atoms with E-state index in [2.05, 4.69) is 40.3 Å². The Morgan fingerprint density at radius 1 is 1.28 bits per heavy atom. The van der Waals surface area contributed by atoms with Gasteiger partial charge in [-0.05, 0) is 60.8 Å². The Bertz CT molecular complexity index is 1460. The summed E-state index contributed by atoms with van der Waals surface area (Å²) >= 11 is 0. The van der Waals surface area contributed by atoms with Crippen LogP contribution in [0, 0.1) is 17.2 Å². The molecular weight excluding hydrogens is 400 g/mol. The van der Waals surface area contributed by atoms with Gasteiger partial charge in [-0.25, -0.2) is 0 Å². The minimum Gasteiger partial charge on any atom is -0.355 e. The summed E-state index contributed by atoms with van der Waals surface area (Å²) in [6.45, 7) is 2.26. The second-order valence-corrected chi connectivity index (χ2v) is 9.51.